The van der Waals surface area contributed by atoms with Gasteiger partial charge in [-0.15, -0.1) is 0 Å². The lowest BCUT2D eigenvalue weighted by atomic mass is 10.0. The van der Waals surface area contributed by atoms with Gasteiger partial charge in [0.1, 0.15) is 0 Å². The molecular weight excluding hydrogens is 346 g/mol. The fraction of sp³-hybridized carbons (Fsp3) is 0.263. The summed E-state index contributed by atoms with van der Waals surface area (Å²) in [5, 5.41) is 7.04. The molecule has 3 aromatic rings. The van der Waals surface area contributed by atoms with E-state index in [1.807, 2.05) is 10.8 Å². The van der Waals surface area contributed by atoms with Gasteiger partial charge in [0, 0.05) is 49.9 Å². The van der Waals surface area contributed by atoms with Crippen molar-refractivity contribution in [2.45, 2.75) is 13.0 Å². The Morgan fingerprint density at radius 3 is 2.67 bits per heavy atom. The van der Waals surface area contributed by atoms with E-state index in [0.29, 0.717) is 17.7 Å². The zero-order valence-corrected chi connectivity index (χ0v) is 15.3. The molecule has 140 valence electrons. The predicted molar refractivity (Wildman–Crippen MR) is 99.2 cm³/mol. The van der Waals surface area contributed by atoms with Crippen LogP contribution in [0, 0.1) is 0 Å². The lowest BCUT2D eigenvalue weighted by Crippen LogP contribution is -2.25. The summed E-state index contributed by atoms with van der Waals surface area (Å²) in [6.45, 7) is 1.38. The van der Waals surface area contributed by atoms with Crippen LogP contribution >= 0.6 is 0 Å². The molecule has 0 aliphatic rings. The van der Waals surface area contributed by atoms with Crippen LogP contribution in [0.5, 0.6) is 0 Å². The Labute approximate surface area is 156 Å². The fourth-order valence-corrected chi connectivity index (χ4v) is 2.73. The predicted octanol–water partition coefficient (Wildman–Crippen LogP) is 1.89. The van der Waals surface area contributed by atoms with Gasteiger partial charge >= 0.3 is 5.97 Å². The first-order valence-corrected chi connectivity index (χ1v) is 8.55. The summed E-state index contributed by atoms with van der Waals surface area (Å²) in [6, 6.07) is 7.05. The number of benzene rings is 1. The van der Waals surface area contributed by atoms with Crippen molar-refractivity contribution in [1.82, 2.24) is 24.6 Å². The van der Waals surface area contributed by atoms with Gasteiger partial charge < -0.3 is 14.6 Å². The minimum absolute atomic E-state index is 0.133. The minimum atomic E-state index is -0.495. The van der Waals surface area contributed by atoms with E-state index in [0.717, 1.165) is 18.5 Å². The van der Waals surface area contributed by atoms with E-state index in [1.165, 1.54) is 7.11 Å². The van der Waals surface area contributed by atoms with E-state index in [1.54, 1.807) is 54.7 Å². The number of nitrogens with zero attached hydrogens (tertiary/aromatic N) is 4. The molecular formula is C19H21N5O3. The van der Waals surface area contributed by atoms with Crippen molar-refractivity contribution in [1.29, 1.82) is 0 Å². The van der Waals surface area contributed by atoms with Crippen LogP contribution in [0.1, 0.15) is 27.3 Å². The molecule has 0 aliphatic heterocycles. The van der Waals surface area contributed by atoms with Gasteiger partial charge in [-0.05, 0) is 24.1 Å². The third-order valence-corrected chi connectivity index (χ3v) is 4.10. The Morgan fingerprint density at radius 1 is 1.22 bits per heavy atom. The number of rotatable bonds is 7. The summed E-state index contributed by atoms with van der Waals surface area (Å²) < 4.78 is 8.29. The molecule has 0 unspecified atom stereocenters. The number of nitrogens with one attached hydrogen (secondary N) is 1. The molecule has 8 nitrogen and oxygen atoms in total. The van der Waals surface area contributed by atoms with Gasteiger partial charge in [0.15, 0.2) is 5.69 Å². The lowest BCUT2D eigenvalue weighted by Gasteiger charge is -2.07. The van der Waals surface area contributed by atoms with Crippen molar-refractivity contribution in [3.63, 3.8) is 0 Å². The molecule has 3 rings (SSSR count). The van der Waals surface area contributed by atoms with Crippen LogP contribution < -0.4 is 5.32 Å². The first kappa shape index (κ1) is 18.4. The van der Waals surface area contributed by atoms with Crippen LogP contribution in [0.4, 0.5) is 0 Å². The highest BCUT2D eigenvalue weighted by Crippen LogP contribution is 2.23. The monoisotopic (exact) mass is 367 g/mol. The molecule has 1 amide bonds. The highest BCUT2D eigenvalue weighted by atomic mass is 16.5. The molecule has 2 aromatic heterocycles. The maximum Gasteiger partial charge on any atom is 0.359 e. The maximum atomic E-state index is 12.3. The number of ether oxygens (including phenoxy) is 1. The molecule has 8 heteroatoms. The van der Waals surface area contributed by atoms with E-state index < -0.39 is 5.97 Å². The van der Waals surface area contributed by atoms with Gasteiger partial charge in [-0.2, -0.15) is 5.10 Å². The molecule has 0 saturated carbocycles. The topological polar surface area (TPSA) is 91.0 Å². The van der Waals surface area contributed by atoms with Gasteiger partial charge in [-0.3, -0.25) is 9.48 Å². The highest BCUT2D eigenvalue weighted by Gasteiger charge is 2.18. The van der Waals surface area contributed by atoms with Crippen molar-refractivity contribution in [3.05, 3.63) is 60.4 Å². The number of hydrogen-bond acceptors (Lipinski definition) is 5. The van der Waals surface area contributed by atoms with Crippen molar-refractivity contribution < 1.29 is 14.3 Å². The van der Waals surface area contributed by atoms with Crippen molar-refractivity contribution >= 4 is 11.9 Å². The Balaban J connectivity index is 1.61. The molecule has 0 aliphatic carbocycles. The highest BCUT2D eigenvalue weighted by molar-refractivity contribution is 5.97. The maximum absolute atomic E-state index is 12.3. The van der Waals surface area contributed by atoms with E-state index in [-0.39, 0.29) is 11.6 Å². The summed E-state index contributed by atoms with van der Waals surface area (Å²) in [5.41, 5.74) is 2.26. The molecule has 0 fully saturated rings. The van der Waals surface area contributed by atoms with Gasteiger partial charge in [-0.25, -0.2) is 9.78 Å². The summed E-state index contributed by atoms with van der Waals surface area (Å²) >= 11 is 0. The number of aryl methyl sites for hydroxylation is 2. The first-order valence-electron chi connectivity index (χ1n) is 8.55. The summed E-state index contributed by atoms with van der Waals surface area (Å²) in [4.78, 5) is 28.1. The normalized spacial score (nSPS) is 10.6. The Morgan fingerprint density at radius 2 is 2.00 bits per heavy atom. The summed E-state index contributed by atoms with van der Waals surface area (Å²) in [5.74, 6) is -0.628. The number of aromatic nitrogens is 4. The molecule has 0 atom stereocenters. The Hall–Kier alpha value is -3.42. The van der Waals surface area contributed by atoms with Gasteiger partial charge in [0.25, 0.3) is 5.91 Å². The number of methoxy groups -OCH3 is 1. The van der Waals surface area contributed by atoms with Crippen LogP contribution in [0.2, 0.25) is 0 Å². The SMILES string of the molecule is COC(=O)c1nn(C)cc1-c1ccc(C(=O)NCCCn2ccnc2)cc1. The number of imidazole rings is 1. The summed E-state index contributed by atoms with van der Waals surface area (Å²) in [7, 11) is 3.06. The number of carbonyl (C=O) groups is 2. The quantitative estimate of drug-likeness (QED) is 0.509. The molecule has 1 N–H and O–H groups in total. The van der Waals surface area contributed by atoms with Crippen molar-refractivity contribution in [3.8, 4) is 11.1 Å². The van der Waals surface area contributed by atoms with Crippen LogP contribution in [-0.2, 0) is 18.3 Å². The van der Waals surface area contributed by atoms with Gasteiger partial charge in [0.05, 0.1) is 13.4 Å². The van der Waals surface area contributed by atoms with Crippen molar-refractivity contribution in [2.75, 3.05) is 13.7 Å². The molecule has 0 bridgehead atoms. The smallest absolute Gasteiger partial charge is 0.359 e. The molecule has 1 aromatic carbocycles. The van der Waals surface area contributed by atoms with Crippen molar-refractivity contribution in [2.24, 2.45) is 7.05 Å². The second-order valence-electron chi connectivity index (χ2n) is 6.04. The molecule has 2 heterocycles. The van der Waals surface area contributed by atoms with E-state index in [9.17, 15) is 9.59 Å². The van der Waals surface area contributed by atoms with Crippen LogP contribution in [0.3, 0.4) is 0 Å². The van der Waals surface area contributed by atoms with Gasteiger partial charge in [0.2, 0.25) is 0 Å². The zero-order valence-electron chi connectivity index (χ0n) is 15.3. The molecule has 0 saturated heterocycles. The van der Waals surface area contributed by atoms with Crippen LogP contribution in [0.25, 0.3) is 11.1 Å². The van der Waals surface area contributed by atoms with Crippen LogP contribution in [-0.4, -0.2) is 44.9 Å². The standard InChI is InChI=1S/C19H21N5O3/c1-23-12-16(17(22-23)19(26)27-2)14-4-6-15(7-5-14)18(25)21-8-3-10-24-11-9-20-13-24/h4-7,9,11-13H,3,8,10H2,1-2H3,(H,21,25). The van der Waals surface area contributed by atoms with E-state index in [2.05, 4.69) is 15.4 Å². The second-order valence-corrected chi connectivity index (χ2v) is 6.04. The Bertz CT molecular complexity index is 913. The number of carbonyl (C=O) groups excluding carboxylic acids is 2. The third-order valence-electron chi connectivity index (χ3n) is 4.10. The summed E-state index contributed by atoms with van der Waals surface area (Å²) in [6.07, 6.45) is 7.94. The number of esters is 1. The third kappa shape index (κ3) is 4.41. The number of hydrogen-bond donors (Lipinski definition) is 1. The lowest BCUT2D eigenvalue weighted by molar-refractivity contribution is 0.0594. The van der Waals surface area contributed by atoms with E-state index >= 15 is 0 Å². The second kappa shape index (κ2) is 8.31. The van der Waals surface area contributed by atoms with Crippen LogP contribution in [0.15, 0.2) is 49.2 Å². The average Bonchev–Trinajstić information content (AvgIpc) is 3.34. The first-order chi connectivity index (χ1) is 13.1. The molecule has 27 heavy (non-hydrogen) atoms. The van der Waals surface area contributed by atoms with Gasteiger partial charge in [-0.1, -0.05) is 12.1 Å². The average molecular weight is 367 g/mol. The minimum Gasteiger partial charge on any atom is -0.464 e. The van der Waals surface area contributed by atoms with E-state index in [4.69, 9.17) is 4.74 Å². The molecule has 0 spiro atoms. The zero-order chi connectivity index (χ0) is 19.2. The molecule has 0 radical (unpaired) electrons. The largest absolute Gasteiger partial charge is 0.464 e. The number of amides is 1. The fourth-order valence-electron chi connectivity index (χ4n) is 2.73. The Kier molecular flexibility index (Phi) is 5.65.